The summed E-state index contributed by atoms with van der Waals surface area (Å²) in [5.41, 5.74) is 1.06. The molecule has 1 aliphatic carbocycles. The van der Waals surface area contributed by atoms with E-state index in [9.17, 15) is 0 Å². The summed E-state index contributed by atoms with van der Waals surface area (Å²) in [6, 6.07) is 0. The first-order valence-corrected chi connectivity index (χ1v) is 14.4. The van der Waals surface area contributed by atoms with E-state index in [-0.39, 0.29) is 0 Å². The van der Waals surface area contributed by atoms with Gasteiger partial charge in [-0.2, -0.15) is 0 Å². The van der Waals surface area contributed by atoms with Gasteiger partial charge < -0.3 is 0 Å². The first kappa shape index (κ1) is 35.6. The number of hydrogen-bond donors (Lipinski definition) is 0. The molecule has 1 rings (SSSR count). The van der Waals surface area contributed by atoms with Gasteiger partial charge in [-0.3, -0.25) is 0 Å². The van der Waals surface area contributed by atoms with Crippen LogP contribution < -0.4 is 0 Å². The minimum atomic E-state index is 0.817. The molecule has 0 heteroatoms. The van der Waals surface area contributed by atoms with Crippen LogP contribution in [0.1, 0.15) is 6.42 Å². The van der Waals surface area contributed by atoms with Gasteiger partial charge in [0.2, 0.25) is 0 Å². The Morgan fingerprint density at radius 2 is 0.395 bits per heavy atom. The molecule has 0 saturated carbocycles. The Morgan fingerprint density at radius 1 is 0.233 bits per heavy atom. The van der Waals surface area contributed by atoms with Crippen LogP contribution in [0.5, 0.6) is 0 Å². The largest absolute Gasteiger partial charge is 0.0955 e. The molecule has 0 aromatic rings. The predicted molar refractivity (Wildman–Crippen MR) is 197 cm³/mol. The lowest BCUT2D eigenvalue weighted by atomic mass is 10.2. The zero-order valence-electron chi connectivity index (χ0n) is 25.0. The van der Waals surface area contributed by atoms with Crippen molar-refractivity contribution in [2.75, 3.05) is 0 Å². The van der Waals surface area contributed by atoms with Crippen LogP contribution in [0.3, 0.4) is 0 Å². The molecule has 0 bridgehead atoms. The van der Waals surface area contributed by atoms with Crippen LogP contribution >= 0.6 is 0 Å². The molecular formula is C43H44. The standard InChI is InChI=1S/C43H44/c1-43-41-39-37-35-33-31-29-27-25-23-21-19-17-15-13-11-9-7-5-3-2-4-6-8-10-12-14-16-18-20-22-24-26-28-30-32-34-36-38-40-42-43/h2-41H,1,42H2/b4-2+,5-3-,8-6+,9-7+,12-10+,13-11+,16-14+,17-15+,20-18+,21-19+,24-22+,25-23+,28-26+,29-27+,32-30+,33-31+,36-34+,37-35+,40-38-,41-39-. The van der Waals surface area contributed by atoms with Gasteiger partial charge in [-0.25, -0.2) is 0 Å². The fraction of sp³-hybridized carbons (Fsp3) is 0.0233. The first-order chi connectivity index (χ1) is 21.4. The summed E-state index contributed by atoms with van der Waals surface area (Å²) in [4.78, 5) is 0. The molecule has 0 fully saturated rings. The van der Waals surface area contributed by atoms with Crippen LogP contribution in [-0.4, -0.2) is 0 Å². The van der Waals surface area contributed by atoms with Crippen molar-refractivity contribution in [2.24, 2.45) is 0 Å². The third kappa shape index (κ3) is 29.3. The topological polar surface area (TPSA) is 0 Å². The highest BCUT2D eigenvalue weighted by atomic mass is 13.9. The van der Waals surface area contributed by atoms with E-state index < -0.39 is 0 Å². The van der Waals surface area contributed by atoms with Gasteiger partial charge in [-0.05, 0) is 6.42 Å². The minimum Gasteiger partial charge on any atom is -0.0955 e. The average Bonchev–Trinajstić information content (AvgIpc) is 3.01. The van der Waals surface area contributed by atoms with Crippen molar-refractivity contribution in [3.05, 3.63) is 255 Å². The molecule has 0 saturated heterocycles. The van der Waals surface area contributed by atoms with Gasteiger partial charge >= 0.3 is 0 Å². The molecule has 216 valence electrons. The fourth-order valence-electron chi connectivity index (χ4n) is 2.87. The van der Waals surface area contributed by atoms with Crippen LogP contribution in [-0.2, 0) is 0 Å². The van der Waals surface area contributed by atoms with Crippen molar-refractivity contribution >= 4 is 0 Å². The van der Waals surface area contributed by atoms with E-state index in [1.54, 1.807) is 0 Å². The van der Waals surface area contributed by atoms with E-state index in [1.165, 1.54) is 0 Å². The van der Waals surface area contributed by atoms with Gasteiger partial charge in [0.25, 0.3) is 0 Å². The summed E-state index contributed by atoms with van der Waals surface area (Å²) in [6.07, 6.45) is 81.0. The van der Waals surface area contributed by atoms with Gasteiger partial charge in [-0.1, -0.05) is 255 Å². The normalized spacial score (nSPS) is 31.2. The summed E-state index contributed by atoms with van der Waals surface area (Å²) in [6.45, 7) is 4.09. The van der Waals surface area contributed by atoms with Gasteiger partial charge in [0, 0.05) is 0 Å². The molecule has 0 aliphatic heterocycles. The van der Waals surface area contributed by atoms with E-state index in [0.717, 1.165) is 12.0 Å². The zero-order chi connectivity index (χ0) is 30.6. The van der Waals surface area contributed by atoms with Crippen molar-refractivity contribution in [3.8, 4) is 0 Å². The van der Waals surface area contributed by atoms with E-state index in [0.29, 0.717) is 0 Å². The maximum absolute atomic E-state index is 4.09. The highest BCUT2D eigenvalue weighted by Gasteiger charge is 1.81. The number of allylic oxidation sites excluding steroid dienone is 41. The third-order valence-corrected chi connectivity index (χ3v) is 4.96. The molecule has 0 nitrogen and oxygen atoms in total. The number of hydrogen-bond acceptors (Lipinski definition) is 0. The molecule has 43 heavy (non-hydrogen) atoms. The van der Waals surface area contributed by atoms with Crippen LogP contribution in [0.25, 0.3) is 0 Å². The Morgan fingerprint density at radius 3 is 0.605 bits per heavy atom. The molecule has 1 aliphatic rings. The van der Waals surface area contributed by atoms with Crippen LogP contribution in [0.2, 0.25) is 0 Å². The van der Waals surface area contributed by atoms with Crippen molar-refractivity contribution in [1.82, 2.24) is 0 Å². The molecule has 0 radical (unpaired) electrons. The SMILES string of the molecule is C=C1\C=C/C=C/C=C/C=C/C=C/C=C/C=C/C=C/C=C/C=C\C=C\C=C\C=C\C=C\C=C\C=C\C=C\C=C\C=C\C=C/C1. The summed E-state index contributed by atoms with van der Waals surface area (Å²) >= 11 is 0. The quantitative estimate of drug-likeness (QED) is 0.276. The monoisotopic (exact) mass is 560 g/mol. The second kappa shape index (κ2) is 31.1. The van der Waals surface area contributed by atoms with Gasteiger partial charge in [0.15, 0.2) is 0 Å². The second-order valence-corrected chi connectivity index (χ2v) is 8.58. The average molecular weight is 561 g/mol. The predicted octanol–water partition coefficient (Wildman–Crippen LogP) is 12.1. The van der Waals surface area contributed by atoms with Crippen molar-refractivity contribution in [1.29, 1.82) is 0 Å². The Balaban J connectivity index is 2.68. The first-order valence-electron chi connectivity index (χ1n) is 14.4. The Hall–Kier alpha value is -5.46. The maximum Gasteiger partial charge on any atom is -0.0100 e. The van der Waals surface area contributed by atoms with Crippen molar-refractivity contribution in [2.45, 2.75) is 6.42 Å². The van der Waals surface area contributed by atoms with E-state index >= 15 is 0 Å². The van der Waals surface area contributed by atoms with Crippen LogP contribution in [0.15, 0.2) is 255 Å². The molecule has 0 amide bonds. The Kier molecular flexibility index (Phi) is 25.7. The third-order valence-electron chi connectivity index (χ3n) is 4.96. The number of rotatable bonds is 0. The van der Waals surface area contributed by atoms with E-state index in [4.69, 9.17) is 0 Å². The van der Waals surface area contributed by atoms with Gasteiger partial charge in [0.05, 0.1) is 0 Å². The molecule has 0 aromatic heterocycles. The maximum atomic E-state index is 4.09. The summed E-state index contributed by atoms with van der Waals surface area (Å²) < 4.78 is 0. The second-order valence-electron chi connectivity index (χ2n) is 8.58. The summed E-state index contributed by atoms with van der Waals surface area (Å²) in [5.74, 6) is 0. The highest BCUT2D eigenvalue weighted by molar-refractivity contribution is 5.27. The van der Waals surface area contributed by atoms with Gasteiger partial charge in [-0.15, -0.1) is 0 Å². The molecule has 0 spiro atoms. The lowest BCUT2D eigenvalue weighted by molar-refractivity contribution is 1.30. The molecule has 0 aromatic carbocycles. The lowest BCUT2D eigenvalue weighted by Crippen LogP contribution is -1.70. The Labute approximate surface area is 261 Å². The molecular weight excluding hydrogens is 516 g/mol. The highest BCUT2D eigenvalue weighted by Crippen LogP contribution is 2.01. The molecule has 0 atom stereocenters. The minimum absolute atomic E-state index is 0.817. The van der Waals surface area contributed by atoms with E-state index in [1.807, 2.05) is 237 Å². The van der Waals surface area contributed by atoms with Crippen LogP contribution in [0, 0.1) is 0 Å². The lowest BCUT2D eigenvalue weighted by Gasteiger charge is -1.90. The van der Waals surface area contributed by atoms with Crippen molar-refractivity contribution < 1.29 is 0 Å². The summed E-state index contributed by atoms with van der Waals surface area (Å²) in [7, 11) is 0. The fourth-order valence-corrected chi connectivity index (χ4v) is 2.87. The zero-order valence-corrected chi connectivity index (χ0v) is 25.0. The van der Waals surface area contributed by atoms with E-state index in [2.05, 4.69) is 12.7 Å². The molecule has 0 heterocycles. The van der Waals surface area contributed by atoms with Gasteiger partial charge in [0.1, 0.15) is 0 Å². The molecule has 0 unspecified atom stereocenters. The Bertz CT molecular complexity index is 1360. The molecule has 0 N–H and O–H groups in total. The van der Waals surface area contributed by atoms with Crippen molar-refractivity contribution in [3.63, 3.8) is 0 Å². The van der Waals surface area contributed by atoms with Crippen LogP contribution in [0.4, 0.5) is 0 Å². The smallest absolute Gasteiger partial charge is 0.0100 e. The summed E-state index contributed by atoms with van der Waals surface area (Å²) in [5, 5.41) is 0.